The van der Waals surface area contributed by atoms with E-state index < -0.39 is 15.7 Å². The highest BCUT2D eigenvalue weighted by molar-refractivity contribution is 7.86. The molecule has 0 N–H and O–H groups in total. The van der Waals surface area contributed by atoms with Gasteiger partial charge in [0.25, 0.3) is 10.1 Å². The molecule has 0 aromatic carbocycles. The standard InChI is InChI=1S/C11H23NO3S/c1-5-11(15-16(4,13)14)8-6-7-10(11)9-12(2)3/h10H,5-9H2,1-4H3. The molecule has 0 aromatic rings. The molecule has 1 saturated carbocycles. The molecule has 1 aliphatic carbocycles. The molecule has 2 unspecified atom stereocenters. The van der Waals surface area contributed by atoms with Crippen LogP contribution in [-0.4, -0.2) is 45.8 Å². The lowest BCUT2D eigenvalue weighted by atomic mass is 9.88. The Balaban J connectivity index is 2.84. The van der Waals surface area contributed by atoms with Crippen LogP contribution in [0.4, 0.5) is 0 Å². The molecule has 1 fully saturated rings. The third-order valence-electron chi connectivity index (χ3n) is 3.40. The third kappa shape index (κ3) is 3.43. The second-order valence-electron chi connectivity index (χ2n) is 5.06. The molecular weight excluding hydrogens is 226 g/mol. The summed E-state index contributed by atoms with van der Waals surface area (Å²) in [4.78, 5) is 2.10. The Kier molecular flexibility index (Phi) is 4.37. The summed E-state index contributed by atoms with van der Waals surface area (Å²) in [5.41, 5.74) is -0.460. The third-order valence-corrected chi connectivity index (χ3v) is 4.03. The number of nitrogens with zero attached hydrogens (tertiary/aromatic N) is 1. The van der Waals surface area contributed by atoms with E-state index in [-0.39, 0.29) is 0 Å². The molecule has 0 amide bonds. The van der Waals surface area contributed by atoms with Gasteiger partial charge in [0.05, 0.1) is 11.9 Å². The fraction of sp³-hybridized carbons (Fsp3) is 1.00. The monoisotopic (exact) mass is 249 g/mol. The Bertz CT molecular complexity index is 326. The fourth-order valence-corrected chi connectivity index (χ4v) is 3.69. The highest BCUT2D eigenvalue weighted by Gasteiger charge is 2.45. The van der Waals surface area contributed by atoms with Gasteiger partial charge >= 0.3 is 0 Å². The molecule has 0 aliphatic heterocycles. The second kappa shape index (κ2) is 5.02. The number of hydrogen-bond donors (Lipinski definition) is 0. The van der Waals surface area contributed by atoms with Crippen LogP contribution in [-0.2, 0) is 14.3 Å². The molecule has 0 bridgehead atoms. The first-order valence-electron chi connectivity index (χ1n) is 5.84. The van der Waals surface area contributed by atoms with E-state index in [1.165, 1.54) is 0 Å². The zero-order valence-corrected chi connectivity index (χ0v) is 11.5. The summed E-state index contributed by atoms with van der Waals surface area (Å²) < 4.78 is 28.1. The Morgan fingerprint density at radius 1 is 1.44 bits per heavy atom. The van der Waals surface area contributed by atoms with E-state index in [0.717, 1.165) is 38.5 Å². The Labute approximate surface area is 99.1 Å². The first kappa shape index (κ1) is 13.9. The van der Waals surface area contributed by atoms with Gasteiger partial charge in [-0.1, -0.05) is 13.3 Å². The largest absolute Gasteiger partial charge is 0.309 e. The van der Waals surface area contributed by atoms with Crippen LogP contribution in [0.1, 0.15) is 32.6 Å². The highest BCUT2D eigenvalue weighted by Crippen LogP contribution is 2.42. The van der Waals surface area contributed by atoms with Gasteiger partial charge in [-0.3, -0.25) is 4.18 Å². The molecular formula is C11H23NO3S. The molecule has 16 heavy (non-hydrogen) atoms. The Morgan fingerprint density at radius 3 is 2.50 bits per heavy atom. The Morgan fingerprint density at radius 2 is 2.06 bits per heavy atom. The van der Waals surface area contributed by atoms with Crippen LogP contribution in [0.5, 0.6) is 0 Å². The van der Waals surface area contributed by atoms with Crippen LogP contribution in [0, 0.1) is 5.92 Å². The molecule has 0 saturated heterocycles. The van der Waals surface area contributed by atoms with Gasteiger partial charge in [-0.05, 0) is 33.4 Å². The minimum absolute atomic E-state index is 0.322. The van der Waals surface area contributed by atoms with Crippen LogP contribution >= 0.6 is 0 Å². The SMILES string of the molecule is CCC1(OS(C)(=O)=O)CCCC1CN(C)C. The fourth-order valence-electron chi connectivity index (χ4n) is 2.75. The van der Waals surface area contributed by atoms with Crippen molar-refractivity contribution in [2.75, 3.05) is 26.9 Å². The molecule has 96 valence electrons. The van der Waals surface area contributed by atoms with Crippen molar-refractivity contribution >= 4 is 10.1 Å². The van der Waals surface area contributed by atoms with Gasteiger partial charge < -0.3 is 4.90 Å². The highest BCUT2D eigenvalue weighted by atomic mass is 32.2. The van der Waals surface area contributed by atoms with E-state index in [1.54, 1.807) is 0 Å². The van der Waals surface area contributed by atoms with E-state index in [1.807, 2.05) is 21.0 Å². The molecule has 2 atom stereocenters. The summed E-state index contributed by atoms with van der Waals surface area (Å²) in [6, 6.07) is 0. The molecule has 5 heteroatoms. The summed E-state index contributed by atoms with van der Waals surface area (Å²) in [5, 5.41) is 0. The van der Waals surface area contributed by atoms with Crippen LogP contribution in [0.15, 0.2) is 0 Å². The van der Waals surface area contributed by atoms with Gasteiger partial charge in [0.15, 0.2) is 0 Å². The lowest BCUT2D eigenvalue weighted by Gasteiger charge is -2.34. The van der Waals surface area contributed by atoms with Gasteiger partial charge in [0, 0.05) is 12.5 Å². The van der Waals surface area contributed by atoms with E-state index in [2.05, 4.69) is 4.90 Å². The first-order chi connectivity index (χ1) is 7.29. The lowest BCUT2D eigenvalue weighted by Crippen LogP contribution is -2.42. The van der Waals surface area contributed by atoms with Crippen molar-refractivity contribution in [1.29, 1.82) is 0 Å². The molecule has 4 nitrogen and oxygen atoms in total. The maximum atomic E-state index is 11.3. The predicted octanol–water partition coefficient (Wildman–Crippen LogP) is 1.47. The predicted molar refractivity (Wildman–Crippen MR) is 64.8 cm³/mol. The van der Waals surface area contributed by atoms with Crippen molar-refractivity contribution in [3.8, 4) is 0 Å². The average Bonchev–Trinajstić information content (AvgIpc) is 2.46. The molecule has 0 radical (unpaired) electrons. The number of rotatable bonds is 5. The molecule has 1 rings (SSSR count). The van der Waals surface area contributed by atoms with Gasteiger partial charge in [-0.25, -0.2) is 0 Å². The van der Waals surface area contributed by atoms with Crippen LogP contribution in [0.25, 0.3) is 0 Å². The van der Waals surface area contributed by atoms with Crippen LogP contribution < -0.4 is 0 Å². The Hall–Kier alpha value is -0.130. The molecule has 0 spiro atoms. The quantitative estimate of drug-likeness (QED) is 0.692. The summed E-state index contributed by atoms with van der Waals surface area (Å²) in [6.07, 6.45) is 4.88. The minimum atomic E-state index is -3.37. The van der Waals surface area contributed by atoms with Crippen LogP contribution in [0.3, 0.4) is 0 Å². The molecule has 0 heterocycles. The van der Waals surface area contributed by atoms with Crippen molar-refractivity contribution < 1.29 is 12.6 Å². The first-order valence-corrected chi connectivity index (χ1v) is 7.66. The van der Waals surface area contributed by atoms with Crippen LogP contribution in [0.2, 0.25) is 0 Å². The van der Waals surface area contributed by atoms with Crippen molar-refractivity contribution in [3.63, 3.8) is 0 Å². The van der Waals surface area contributed by atoms with Gasteiger partial charge in [0.1, 0.15) is 0 Å². The number of hydrogen-bond acceptors (Lipinski definition) is 4. The van der Waals surface area contributed by atoms with Gasteiger partial charge in [-0.15, -0.1) is 0 Å². The average molecular weight is 249 g/mol. The molecule has 0 aromatic heterocycles. The molecule has 1 aliphatic rings. The van der Waals surface area contributed by atoms with E-state index in [9.17, 15) is 8.42 Å². The summed E-state index contributed by atoms with van der Waals surface area (Å²) in [7, 11) is 0.661. The smallest absolute Gasteiger partial charge is 0.264 e. The van der Waals surface area contributed by atoms with Crippen molar-refractivity contribution in [2.24, 2.45) is 5.92 Å². The zero-order chi connectivity index (χ0) is 12.4. The maximum absolute atomic E-state index is 11.3. The normalized spacial score (nSPS) is 31.2. The van der Waals surface area contributed by atoms with Gasteiger partial charge in [-0.2, -0.15) is 8.42 Å². The summed E-state index contributed by atoms with van der Waals surface area (Å²) in [6.45, 7) is 2.91. The van der Waals surface area contributed by atoms with Gasteiger partial charge in [0.2, 0.25) is 0 Å². The van der Waals surface area contributed by atoms with E-state index >= 15 is 0 Å². The van der Waals surface area contributed by atoms with Crippen molar-refractivity contribution in [2.45, 2.75) is 38.2 Å². The van der Waals surface area contributed by atoms with Crippen molar-refractivity contribution in [3.05, 3.63) is 0 Å². The maximum Gasteiger partial charge on any atom is 0.264 e. The van der Waals surface area contributed by atoms with E-state index in [0.29, 0.717) is 5.92 Å². The second-order valence-corrected chi connectivity index (χ2v) is 6.63. The van der Waals surface area contributed by atoms with Crippen molar-refractivity contribution in [1.82, 2.24) is 4.90 Å². The zero-order valence-electron chi connectivity index (χ0n) is 10.7. The summed E-state index contributed by atoms with van der Waals surface area (Å²) >= 11 is 0. The lowest BCUT2D eigenvalue weighted by molar-refractivity contribution is 0.0231. The topological polar surface area (TPSA) is 46.6 Å². The van der Waals surface area contributed by atoms with E-state index in [4.69, 9.17) is 4.18 Å². The summed E-state index contributed by atoms with van der Waals surface area (Å²) in [5.74, 6) is 0.322. The minimum Gasteiger partial charge on any atom is -0.309 e.